The van der Waals surface area contributed by atoms with Gasteiger partial charge >= 0.3 is 0 Å². The normalized spacial score (nSPS) is 15.5. The summed E-state index contributed by atoms with van der Waals surface area (Å²) >= 11 is 3.50. The molecular weight excluding hydrogens is 574 g/mol. The van der Waals surface area contributed by atoms with Gasteiger partial charge < -0.3 is 10.5 Å². The van der Waals surface area contributed by atoms with Crippen LogP contribution in [0.5, 0.6) is 5.75 Å². The molecule has 2 N–H and O–H groups in total. The number of allylic oxidation sites excluding steroid dienone is 1. The van der Waals surface area contributed by atoms with Gasteiger partial charge in [0.05, 0.1) is 32.9 Å². The van der Waals surface area contributed by atoms with Crippen molar-refractivity contribution in [3.8, 4) is 5.75 Å². The highest BCUT2D eigenvalue weighted by Gasteiger charge is 2.41. The Bertz CT molecular complexity index is 2080. The first kappa shape index (κ1) is 23.8. The topological polar surface area (TPSA) is 95.2 Å². The molecule has 2 heterocycles. The van der Waals surface area contributed by atoms with E-state index in [1.807, 2.05) is 72.8 Å². The van der Waals surface area contributed by atoms with Crippen molar-refractivity contribution in [2.75, 3.05) is 0 Å². The van der Waals surface area contributed by atoms with Crippen LogP contribution >= 0.6 is 15.9 Å². The van der Waals surface area contributed by atoms with Gasteiger partial charge in [0.25, 0.3) is 0 Å². The number of rotatable bonds is 3. The number of benzene rings is 5. The molecule has 1 aliphatic rings. The van der Waals surface area contributed by atoms with E-state index in [0.717, 1.165) is 26.3 Å². The maximum atomic E-state index is 14.2. The monoisotopic (exact) mass is 593 g/mol. The van der Waals surface area contributed by atoms with Crippen molar-refractivity contribution < 1.29 is 13.2 Å². The number of ether oxygens (including phenoxy) is 1. The Hall–Kier alpha value is -4.27. The van der Waals surface area contributed by atoms with Crippen molar-refractivity contribution in [3.05, 3.63) is 130 Å². The van der Waals surface area contributed by atoms with Crippen LogP contribution in [0.4, 0.5) is 0 Å². The second-order valence-electron chi connectivity index (χ2n) is 9.33. The predicted molar refractivity (Wildman–Crippen MR) is 156 cm³/mol. The van der Waals surface area contributed by atoms with E-state index in [0.29, 0.717) is 27.9 Å². The van der Waals surface area contributed by atoms with E-state index in [1.165, 1.54) is 0 Å². The van der Waals surface area contributed by atoms with Crippen molar-refractivity contribution in [1.29, 1.82) is 0 Å². The largest absolute Gasteiger partial charge is 0.439 e. The van der Waals surface area contributed by atoms with Crippen LogP contribution in [0, 0.1) is 0 Å². The lowest BCUT2D eigenvalue weighted by Gasteiger charge is -2.31. The van der Waals surface area contributed by atoms with Crippen molar-refractivity contribution in [2.45, 2.75) is 10.8 Å². The number of halogens is 1. The molecule has 0 spiro atoms. The summed E-state index contributed by atoms with van der Waals surface area (Å²) < 4.78 is 35.5. The van der Waals surface area contributed by atoms with Gasteiger partial charge in [0, 0.05) is 20.8 Å². The summed E-state index contributed by atoms with van der Waals surface area (Å²) in [5.74, 6) is -0.452. The highest BCUT2D eigenvalue weighted by molar-refractivity contribution is 9.10. The van der Waals surface area contributed by atoms with Crippen LogP contribution in [0.3, 0.4) is 0 Å². The minimum absolute atomic E-state index is 0.0185. The maximum absolute atomic E-state index is 14.2. The molecule has 1 atom stereocenters. The molecule has 1 unspecified atom stereocenters. The van der Waals surface area contributed by atoms with Gasteiger partial charge in [-0.05, 0) is 42.0 Å². The van der Waals surface area contributed by atoms with E-state index in [1.54, 1.807) is 30.3 Å². The van der Waals surface area contributed by atoms with E-state index in [2.05, 4.69) is 15.9 Å². The van der Waals surface area contributed by atoms with Gasteiger partial charge in [-0.2, -0.15) is 0 Å². The molecule has 1 aromatic heterocycles. The van der Waals surface area contributed by atoms with Gasteiger partial charge in [-0.25, -0.2) is 18.4 Å². The number of hydrogen-bond acceptors (Lipinski definition) is 6. The molecule has 0 amide bonds. The summed E-state index contributed by atoms with van der Waals surface area (Å²) in [6.07, 6.45) is 0. The number of nitrogens with zero attached hydrogens (tertiary/aromatic N) is 2. The summed E-state index contributed by atoms with van der Waals surface area (Å²) in [5.41, 5.74) is 10.6. The maximum Gasteiger partial charge on any atom is 0.208 e. The Morgan fingerprint density at radius 1 is 0.718 bits per heavy atom. The van der Waals surface area contributed by atoms with Crippen LogP contribution in [0.15, 0.2) is 123 Å². The third-order valence-corrected chi connectivity index (χ3v) is 9.49. The molecule has 8 heteroatoms. The third-order valence-electron chi connectivity index (χ3n) is 7.05. The molecule has 1 aliphatic heterocycles. The molecule has 5 aromatic carbocycles. The Balaban J connectivity index is 1.65. The molecule has 6 aromatic rings. The highest BCUT2D eigenvalue weighted by atomic mass is 79.9. The van der Waals surface area contributed by atoms with Crippen LogP contribution in [0.25, 0.3) is 32.8 Å². The Morgan fingerprint density at radius 2 is 1.31 bits per heavy atom. The molecule has 0 saturated heterocycles. The Kier molecular flexibility index (Phi) is 5.43. The minimum Gasteiger partial charge on any atom is -0.439 e. The summed E-state index contributed by atoms with van der Waals surface area (Å²) in [4.78, 5) is 10.2. The second kappa shape index (κ2) is 8.90. The molecular formula is C31H20BrN3O3S. The minimum atomic E-state index is -4.06. The smallest absolute Gasteiger partial charge is 0.208 e. The quantitative estimate of drug-likeness (QED) is 0.178. The lowest BCUT2D eigenvalue weighted by molar-refractivity contribution is 0.400. The SMILES string of the molecule is NC1=C(S(=O)(=O)c2ccccc2)C(c2ccc(Br)cc2)c2c(c3ccccc3c3nc4ccccc4nc23)O1. The summed E-state index contributed by atoms with van der Waals surface area (Å²) in [5, 5.41) is 1.63. The Morgan fingerprint density at radius 3 is 2.00 bits per heavy atom. The first-order chi connectivity index (χ1) is 18.9. The van der Waals surface area contributed by atoms with Crippen molar-refractivity contribution >= 4 is 58.6 Å². The zero-order chi connectivity index (χ0) is 26.7. The molecule has 0 saturated carbocycles. The lowest BCUT2D eigenvalue weighted by atomic mass is 9.85. The van der Waals surface area contributed by atoms with E-state index < -0.39 is 15.8 Å². The van der Waals surface area contributed by atoms with Gasteiger partial charge in [0.2, 0.25) is 15.7 Å². The second-order valence-corrected chi connectivity index (χ2v) is 12.2. The van der Waals surface area contributed by atoms with E-state index in [9.17, 15) is 8.42 Å². The predicted octanol–water partition coefficient (Wildman–Crippen LogP) is 6.82. The third kappa shape index (κ3) is 3.71. The fraction of sp³-hybridized carbons (Fsp3) is 0.0323. The molecule has 0 aliphatic carbocycles. The van der Waals surface area contributed by atoms with Gasteiger partial charge in [0.1, 0.15) is 10.7 Å². The highest BCUT2D eigenvalue weighted by Crippen LogP contribution is 2.51. The molecule has 190 valence electrons. The Labute approximate surface area is 232 Å². The van der Waals surface area contributed by atoms with Gasteiger partial charge in [-0.3, -0.25) is 0 Å². The molecule has 0 fully saturated rings. The molecule has 6 nitrogen and oxygen atoms in total. The van der Waals surface area contributed by atoms with Crippen LogP contribution in [0.1, 0.15) is 17.0 Å². The van der Waals surface area contributed by atoms with Crippen molar-refractivity contribution in [2.24, 2.45) is 5.73 Å². The van der Waals surface area contributed by atoms with Crippen LogP contribution in [-0.4, -0.2) is 18.4 Å². The fourth-order valence-electron chi connectivity index (χ4n) is 5.31. The molecule has 0 radical (unpaired) electrons. The summed E-state index contributed by atoms with van der Waals surface area (Å²) in [6, 6.07) is 31.2. The van der Waals surface area contributed by atoms with E-state index in [-0.39, 0.29) is 15.7 Å². The van der Waals surface area contributed by atoms with Gasteiger partial charge in [-0.15, -0.1) is 0 Å². The number of para-hydroxylation sites is 2. The molecule has 0 bridgehead atoms. The number of fused-ring (bicyclic) bond motifs is 7. The number of nitrogens with two attached hydrogens (primary N) is 1. The zero-order valence-corrected chi connectivity index (χ0v) is 22.8. The first-order valence-electron chi connectivity index (χ1n) is 12.3. The molecule has 39 heavy (non-hydrogen) atoms. The average Bonchev–Trinajstić information content (AvgIpc) is 2.96. The number of sulfone groups is 1. The first-order valence-corrected chi connectivity index (χ1v) is 14.6. The van der Waals surface area contributed by atoms with Gasteiger partial charge in [-0.1, -0.05) is 82.7 Å². The average molecular weight is 594 g/mol. The van der Waals surface area contributed by atoms with Crippen molar-refractivity contribution in [1.82, 2.24) is 9.97 Å². The van der Waals surface area contributed by atoms with Crippen LogP contribution in [0.2, 0.25) is 0 Å². The summed E-state index contributed by atoms with van der Waals surface area (Å²) in [7, 11) is -4.06. The lowest BCUT2D eigenvalue weighted by Crippen LogP contribution is -2.27. The number of aromatic nitrogens is 2. The number of hydrogen-bond donors (Lipinski definition) is 1. The van der Waals surface area contributed by atoms with E-state index >= 15 is 0 Å². The fourth-order valence-corrected chi connectivity index (χ4v) is 7.22. The van der Waals surface area contributed by atoms with Crippen molar-refractivity contribution in [3.63, 3.8) is 0 Å². The molecule has 7 rings (SSSR count). The zero-order valence-electron chi connectivity index (χ0n) is 20.4. The van der Waals surface area contributed by atoms with Crippen LogP contribution < -0.4 is 10.5 Å². The van der Waals surface area contributed by atoms with Crippen LogP contribution in [-0.2, 0) is 9.84 Å². The van der Waals surface area contributed by atoms with E-state index in [4.69, 9.17) is 20.4 Å². The summed E-state index contributed by atoms with van der Waals surface area (Å²) in [6.45, 7) is 0. The standard InChI is InChI=1S/C31H20BrN3O3S/c32-19-16-14-18(15-17-19)25-26-28-27(34-23-12-6-7-13-24(23)35-28)21-10-4-5-11-22(21)29(26)38-31(33)30(25)39(36,37)20-8-2-1-3-9-20/h1-17,25H,33H2. The van der Waals surface area contributed by atoms with Gasteiger partial charge in [0.15, 0.2) is 0 Å².